The van der Waals surface area contributed by atoms with Gasteiger partial charge in [-0.1, -0.05) is 63.7 Å². The molecule has 0 unspecified atom stereocenters. The van der Waals surface area contributed by atoms with Crippen LogP contribution in [0.1, 0.15) is 37.4 Å². The molecule has 254 valence electrons. The fraction of sp³-hybridized carbons (Fsp3) is 0.0968. The first-order chi connectivity index (χ1) is 22.9. The highest BCUT2D eigenvalue weighted by Gasteiger charge is 2.51. The summed E-state index contributed by atoms with van der Waals surface area (Å²) in [6.45, 7) is -0.219. The normalized spacial score (nSPS) is 12.6. The fourth-order valence-electron chi connectivity index (χ4n) is 4.34. The Kier molecular flexibility index (Phi) is 10.0. The average Bonchev–Trinajstić information content (AvgIpc) is 3.42. The Morgan fingerprint density at radius 3 is 2.20 bits per heavy atom. The zero-order valence-corrected chi connectivity index (χ0v) is 27.6. The first-order valence-electron chi connectivity index (χ1n) is 13.6. The van der Waals surface area contributed by atoms with Crippen LogP contribution in [0.5, 0.6) is 11.5 Å². The minimum absolute atomic E-state index is 0.00330. The third-order valence-electron chi connectivity index (χ3n) is 6.71. The van der Waals surface area contributed by atoms with Crippen molar-refractivity contribution in [3.8, 4) is 22.1 Å². The van der Waals surface area contributed by atoms with E-state index in [1.54, 1.807) is 30.3 Å². The van der Waals surface area contributed by atoms with Crippen molar-refractivity contribution in [3.63, 3.8) is 0 Å². The van der Waals surface area contributed by atoms with Gasteiger partial charge in [-0.2, -0.15) is 32.0 Å². The van der Waals surface area contributed by atoms with Gasteiger partial charge in [-0.15, -0.1) is 0 Å². The Morgan fingerprint density at radius 2 is 1.55 bits per heavy atom. The fourth-order valence-corrected chi connectivity index (χ4v) is 6.58. The Bertz CT molecular complexity index is 2200. The molecule has 0 spiro atoms. The van der Waals surface area contributed by atoms with Crippen molar-refractivity contribution < 1.29 is 55.7 Å². The number of aromatic nitrogens is 2. The lowest BCUT2D eigenvalue weighted by atomic mass is 10.1. The first kappa shape index (κ1) is 35.8. The van der Waals surface area contributed by atoms with Crippen LogP contribution in [0, 0.1) is 0 Å². The number of carbonyl (C=O) groups excluding carboxylic acids is 1. The second kappa shape index (κ2) is 13.8. The third kappa shape index (κ3) is 8.20. The Balaban J connectivity index is 1.55. The monoisotopic (exact) mass is 783 g/mol. The summed E-state index contributed by atoms with van der Waals surface area (Å²) in [7, 11) is -5.87. The van der Waals surface area contributed by atoms with Crippen LogP contribution >= 0.6 is 34.9 Å². The first-order valence-corrected chi connectivity index (χ1v) is 16.8. The highest BCUT2D eigenvalue weighted by Crippen LogP contribution is 2.60. The molecule has 1 amide bonds. The maximum absolute atomic E-state index is 14.4. The summed E-state index contributed by atoms with van der Waals surface area (Å²) in [5, 5.41) is 14.0. The van der Waals surface area contributed by atoms with Crippen LogP contribution in [-0.2, 0) is 22.9 Å². The molecule has 0 saturated heterocycles. The van der Waals surface area contributed by atoms with E-state index >= 15 is 0 Å². The van der Waals surface area contributed by atoms with Crippen LogP contribution in [0.25, 0.3) is 10.6 Å². The number of carbonyl (C=O) groups is 2. The second-order valence-electron chi connectivity index (χ2n) is 10.2. The molecule has 3 N–H and O–H groups in total. The predicted molar refractivity (Wildman–Crippen MR) is 170 cm³/mol. The number of carboxylic acid groups (broad SMARTS) is 1. The van der Waals surface area contributed by atoms with E-state index in [-0.39, 0.29) is 49.0 Å². The largest absolute Gasteiger partial charge is 0.478 e. The summed E-state index contributed by atoms with van der Waals surface area (Å²) in [6.07, 6.45) is -4.72. The molecule has 4 aromatic carbocycles. The number of ether oxygens (including phenoxy) is 1. The van der Waals surface area contributed by atoms with Crippen molar-refractivity contribution in [1.82, 2.24) is 9.78 Å². The number of amides is 1. The lowest BCUT2D eigenvalue weighted by Gasteiger charge is -2.19. The molecular formula is C31H20BrF5N3O7PS. The van der Waals surface area contributed by atoms with Gasteiger partial charge in [0.05, 0.1) is 17.7 Å². The molecule has 0 saturated carbocycles. The number of carboxylic acids is 1. The number of halogens is 6. The van der Waals surface area contributed by atoms with E-state index in [1.807, 2.05) is 0 Å². The van der Waals surface area contributed by atoms with Crippen LogP contribution in [0.2, 0.25) is 0 Å². The van der Waals surface area contributed by atoms with E-state index in [9.17, 15) is 41.2 Å². The predicted octanol–water partition coefficient (Wildman–Crippen LogP) is 7.90. The molecule has 0 radical (unpaired) electrons. The van der Waals surface area contributed by atoms with E-state index in [0.29, 0.717) is 11.6 Å². The quantitative estimate of drug-likeness (QED) is 0.101. The van der Waals surface area contributed by atoms with Gasteiger partial charge in [-0.3, -0.25) is 9.36 Å². The molecule has 0 atom stereocenters. The summed E-state index contributed by atoms with van der Waals surface area (Å²) >= 11 is 3.80. The standard InChI is InChI=1S/C31H20BrF5N3O7PS/c32-25-12-17(10-11-24(25)31(36,37)48(44,45)46)16-40-29(38-26(41)18-4-1-7-21(13-18)30(33,34)35)49-27(39-40)19-5-2-8-22(14-19)47-23-9-3-6-20(15-23)28(42)43/h1-15H,16H2,(H,42,43)(H2,44,45,46)/b38-29-. The van der Waals surface area contributed by atoms with Crippen molar-refractivity contribution in [3.05, 3.63) is 128 Å². The summed E-state index contributed by atoms with van der Waals surface area (Å²) in [5.74, 6) is -1.67. The molecule has 5 aromatic rings. The van der Waals surface area contributed by atoms with Gasteiger partial charge < -0.3 is 19.6 Å². The van der Waals surface area contributed by atoms with Gasteiger partial charge in [-0.25, -0.2) is 9.48 Å². The van der Waals surface area contributed by atoms with Crippen molar-refractivity contribution in [1.29, 1.82) is 0 Å². The molecule has 5 rings (SSSR count). The summed E-state index contributed by atoms with van der Waals surface area (Å²) in [4.78, 5) is 46.6. The van der Waals surface area contributed by atoms with Gasteiger partial charge in [0.1, 0.15) is 16.5 Å². The number of hydrogen-bond donors (Lipinski definition) is 3. The van der Waals surface area contributed by atoms with E-state index < -0.39 is 42.4 Å². The Labute approximate surface area is 285 Å². The van der Waals surface area contributed by atoms with Crippen LogP contribution in [0.15, 0.2) is 100 Å². The van der Waals surface area contributed by atoms with Crippen molar-refractivity contribution in [2.45, 2.75) is 18.4 Å². The van der Waals surface area contributed by atoms with Gasteiger partial charge in [0.2, 0.25) is 4.80 Å². The summed E-state index contributed by atoms with van der Waals surface area (Å²) < 4.78 is 86.8. The topological polar surface area (TPSA) is 151 Å². The van der Waals surface area contributed by atoms with E-state index in [1.165, 1.54) is 28.9 Å². The highest BCUT2D eigenvalue weighted by atomic mass is 79.9. The number of alkyl halides is 5. The SMILES string of the molecule is O=C(O)c1cccc(Oc2cccc(-c3nn(Cc4ccc(C(F)(F)P(=O)(O)O)c(Br)c4)/c(=N/C(=O)c4cccc(C(F)(F)F)c4)s3)c2)c1. The van der Waals surface area contributed by atoms with E-state index in [2.05, 4.69) is 26.0 Å². The molecule has 1 heterocycles. The molecule has 10 nitrogen and oxygen atoms in total. The molecule has 0 aliphatic rings. The Morgan fingerprint density at radius 1 is 0.898 bits per heavy atom. The van der Waals surface area contributed by atoms with Gasteiger partial charge in [0, 0.05) is 21.2 Å². The summed E-state index contributed by atoms with van der Waals surface area (Å²) in [5.41, 5.74) is -6.17. The lowest BCUT2D eigenvalue weighted by Crippen LogP contribution is -2.20. The zero-order valence-electron chi connectivity index (χ0n) is 24.3. The molecular weight excluding hydrogens is 764 g/mol. The molecule has 18 heteroatoms. The molecule has 49 heavy (non-hydrogen) atoms. The molecule has 0 bridgehead atoms. The van der Waals surface area contributed by atoms with Gasteiger partial charge in [0.15, 0.2) is 0 Å². The van der Waals surface area contributed by atoms with Gasteiger partial charge in [-0.05, 0) is 60.2 Å². The lowest BCUT2D eigenvalue weighted by molar-refractivity contribution is -0.137. The number of aromatic carboxylic acids is 1. The smallest absolute Gasteiger partial charge is 0.416 e. The number of hydrogen-bond acceptors (Lipinski definition) is 6. The van der Waals surface area contributed by atoms with Crippen LogP contribution in [0.4, 0.5) is 22.0 Å². The minimum Gasteiger partial charge on any atom is -0.478 e. The average molecular weight is 784 g/mol. The maximum Gasteiger partial charge on any atom is 0.416 e. The van der Waals surface area contributed by atoms with Crippen LogP contribution < -0.4 is 9.54 Å². The van der Waals surface area contributed by atoms with Crippen molar-refractivity contribution >= 4 is 46.7 Å². The number of benzene rings is 4. The van der Waals surface area contributed by atoms with Gasteiger partial charge in [0.25, 0.3) is 5.91 Å². The molecule has 1 aromatic heterocycles. The van der Waals surface area contributed by atoms with Gasteiger partial charge >= 0.3 is 25.4 Å². The molecule has 0 aliphatic heterocycles. The minimum atomic E-state index is -5.87. The highest BCUT2D eigenvalue weighted by molar-refractivity contribution is 9.10. The molecule has 0 aliphatic carbocycles. The maximum atomic E-state index is 14.4. The second-order valence-corrected chi connectivity index (χ2v) is 13.7. The van der Waals surface area contributed by atoms with E-state index in [4.69, 9.17) is 14.5 Å². The van der Waals surface area contributed by atoms with E-state index in [0.717, 1.165) is 41.7 Å². The van der Waals surface area contributed by atoms with Crippen molar-refractivity contribution in [2.75, 3.05) is 0 Å². The number of nitrogens with zero attached hydrogens (tertiary/aromatic N) is 3. The van der Waals surface area contributed by atoms with Crippen LogP contribution in [0.3, 0.4) is 0 Å². The third-order valence-corrected chi connectivity index (χ3v) is 9.33. The number of rotatable bonds is 9. The zero-order chi connectivity index (χ0) is 35.7. The van der Waals surface area contributed by atoms with Crippen molar-refractivity contribution in [2.24, 2.45) is 4.99 Å². The molecule has 0 fully saturated rings. The summed E-state index contributed by atoms with van der Waals surface area (Å²) in [6, 6.07) is 19.0. The van der Waals surface area contributed by atoms with Crippen LogP contribution in [-0.4, -0.2) is 36.6 Å². The Hall–Kier alpha value is -4.54.